The summed E-state index contributed by atoms with van der Waals surface area (Å²) in [7, 11) is 2.06. The molecule has 1 atom stereocenters. The zero-order valence-electron chi connectivity index (χ0n) is 9.95. The van der Waals surface area contributed by atoms with Crippen LogP contribution in [-0.4, -0.2) is 23.2 Å². The van der Waals surface area contributed by atoms with E-state index >= 15 is 0 Å². The van der Waals surface area contributed by atoms with Gasteiger partial charge in [0.15, 0.2) is 5.13 Å². The standard InChI is InChI=1S/C11H20N2OS/c1-5-8(3)13(4)11-12-9(6-2)10(7-14)15-11/h8,14H,5-7H2,1-4H3. The van der Waals surface area contributed by atoms with Gasteiger partial charge in [-0.25, -0.2) is 4.98 Å². The number of aliphatic hydroxyl groups is 1. The van der Waals surface area contributed by atoms with Gasteiger partial charge in [-0.2, -0.15) is 0 Å². The number of hydrogen-bond donors (Lipinski definition) is 1. The zero-order valence-corrected chi connectivity index (χ0v) is 10.8. The van der Waals surface area contributed by atoms with Crippen molar-refractivity contribution in [2.24, 2.45) is 0 Å². The van der Waals surface area contributed by atoms with E-state index in [1.807, 2.05) is 0 Å². The van der Waals surface area contributed by atoms with Crippen LogP contribution in [0, 0.1) is 0 Å². The van der Waals surface area contributed by atoms with Gasteiger partial charge in [0.1, 0.15) is 0 Å². The van der Waals surface area contributed by atoms with Gasteiger partial charge < -0.3 is 10.0 Å². The molecular formula is C11H20N2OS. The van der Waals surface area contributed by atoms with Crippen molar-refractivity contribution in [3.8, 4) is 0 Å². The minimum atomic E-state index is 0.106. The molecule has 0 aromatic carbocycles. The first-order valence-electron chi connectivity index (χ1n) is 5.46. The number of aromatic nitrogens is 1. The highest BCUT2D eigenvalue weighted by Gasteiger charge is 2.15. The third kappa shape index (κ3) is 2.69. The first kappa shape index (κ1) is 12.5. The van der Waals surface area contributed by atoms with Crippen molar-refractivity contribution in [1.29, 1.82) is 0 Å². The molecule has 0 fully saturated rings. The maximum absolute atomic E-state index is 9.19. The van der Waals surface area contributed by atoms with E-state index in [2.05, 4.69) is 37.7 Å². The van der Waals surface area contributed by atoms with E-state index in [0.29, 0.717) is 6.04 Å². The summed E-state index contributed by atoms with van der Waals surface area (Å²) in [5, 5.41) is 10.2. The Hall–Kier alpha value is -0.610. The van der Waals surface area contributed by atoms with Crippen LogP contribution >= 0.6 is 11.3 Å². The first-order chi connectivity index (χ1) is 7.13. The van der Waals surface area contributed by atoms with Crippen LogP contribution in [-0.2, 0) is 13.0 Å². The third-order valence-corrected chi connectivity index (χ3v) is 3.97. The molecule has 1 heterocycles. The van der Waals surface area contributed by atoms with Crippen molar-refractivity contribution in [2.45, 2.75) is 46.3 Å². The Morgan fingerprint density at radius 2 is 2.13 bits per heavy atom. The summed E-state index contributed by atoms with van der Waals surface area (Å²) in [6.07, 6.45) is 1.99. The Morgan fingerprint density at radius 1 is 1.47 bits per heavy atom. The average Bonchev–Trinajstić information content (AvgIpc) is 2.69. The molecule has 3 nitrogen and oxygen atoms in total. The van der Waals surface area contributed by atoms with E-state index in [0.717, 1.165) is 28.5 Å². The summed E-state index contributed by atoms with van der Waals surface area (Å²) < 4.78 is 0. The lowest BCUT2D eigenvalue weighted by atomic mass is 10.2. The van der Waals surface area contributed by atoms with E-state index < -0.39 is 0 Å². The van der Waals surface area contributed by atoms with E-state index in [1.165, 1.54) is 0 Å². The minimum absolute atomic E-state index is 0.106. The molecule has 1 N–H and O–H groups in total. The van der Waals surface area contributed by atoms with Gasteiger partial charge in [0.25, 0.3) is 0 Å². The number of aliphatic hydroxyl groups excluding tert-OH is 1. The fraction of sp³-hybridized carbons (Fsp3) is 0.727. The van der Waals surface area contributed by atoms with Crippen LogP contribution in [0.5, 0.6) is 0 Å². The van der Waals surface area contributed by atoms with Crippen LogP contribution in [0.2, 0.25) is 0 Å². The van der Waals surface area contributed by atoms with Gasteiger partial charge >= 0.3 is 0 Å². The van der Waals surface area contributed by atoms with Gasteiger partial charge in [-0.1, -0.05) is 25.2 Å². The van der Waals surface area contributed by atoms with Crippen molar-refractivity contribution in [1.82, 2.24) is 4.98 Å². The number of nitrogens with zero attached hydrogens (tertiary/aromatic N) is 2. The quantitative estimate of drug-likeness (QED) is 0.841. The molecule has 0 spiro atoms. The second-order valence-corrected chi connectivity index (χ2v) is 4.81. The molecule has 0 aliphatic rings. The van der Waals surface area contributed by atoms with Gasteiger partial charge in [-0.3, -0.25) is 0 Å². The highest BCUT2D eigenvalue weighted by Crippen LogP contribution is 2.27. The average molecular weight is 228 g/mol. The number of hydrogen-bond acceptors (Lipinski definition) is 4. The Bertz CT molecular complexity index is 290. The van der Waals surface area contributed by atoms with Gasteiger partial charge in [-0.05, 0) is 19.8 Å². The Morgan fingerprint density at radius 3 is 2.53 bits per heavy atom. The number of anilines is 1. The van der Waals surface area contributed by atoms with Crippen molar-refractivity contribution in [2.75, 3.05) is 11.9 Å². The number of thiazole rings is 1. The third-order valence-electron chi connectivity index (χ3n) is 2.80. The fourth-order valence-corrected chi connectivity index (χ4v) is 2.46. The Balaban J connectivity index is 2.90. The normalized spacial score (nSPS) is 12.9. The molecule has 86 valence electrons. The van der Waals surface area contributed by atoms with Crippen LogP contribution in [0.4, 0.5) is 5.13 Å². The second kappa shape index (κ2) is 5.47. The maximum atomic E-state index is 9.19. The summed E-state index contributed by atoms with van der Waals surface area (Å²) in [6.45, 7) is 6.53. The second-order valence-electron chi connectivity index (χ2n) is 3.75. The van der Waals surface area contributed by atoms with Crippen molar-refractivity contribution < 1.29 is 5.11 Å². The van der Waals surface area contributed by atoms with Gasteiger partial charge in [-0.15, -0.1) is 0 Å². The lowest BCUT2D eigenvalue weighted by Gasteiger charge is -2.22. The summed E-state index contributed by atoms with van der Waals surface area (Å²) in [5.41, 5.74) is 1.03. The Labute approximate surface area is 95.8 Å². The molecule has 0 bridgehead atoms. The lowest BCUT2D eigenvalue weighted by Crippen LogP contribution is -2.27. The molecule has 1 unspecified atom stereocenters. The van der Waals surface area contributed by atoms with Crippen molar-refractivity contribution in [3.05, 3.63) is 10.6 Å². The molecular weight excluding hydrogens is 208 g/mol. The molecule has 15 heavy (non-hydrogen) atoms. The largest absolute Gasteiger partial charge is 0.391 e. The van der Waals surface area contributed by atoms with E-state index in [9.17, 15) is 5.11 Å². The first-order valence-corrected chi connectivity index (χ1v) is 6.27. The molecule has 0 radical (unpaired) electrons. The van der Waals surface area contributed by atoms with E-state index in [4.69, 9.17) is 0 Å². The lowest BCUT2D eigenvalue weighted by molar-refractivity contribution is 0.284. The molecule has 0 aliphatic carbocycles. The summed E-state index contributed by atoms with van der Waals surface area (Å²) in [4.78, 5) is 7.74. The molecule has 0 saturated carbocycles. The number of aryl methyl sites for hydroxylation is 1. The minimum Gasteiger partial charge on any atom is -0.391 e. The van der Waals surface area contributed by atoms with E-state index in [-0.39, 0.29) is 6.61 Å². The topological polar surface area (TPSA) is 36.4 Å². The van der Waals surface area contributed by atoms with Crippen molar-refractivity contribution >= 4 is 16.5 Å². The van der Waals surface area contributed by atoms with Gasteiger partial charge in [0.05, 0.1) is 17.2 Å². The molecule has 0 amide bonds. The molecule has 4 heteroatoms. The summed E-state index contributed by atoms with van der Waals surface area (Å²) in [6, 6.07) is 0.493. The van der Waals surface area contributed by atoms with Gasteiger partial charge in [0.2, 0.25) is 0 Å². The SMILES string of the molecule is CCc1nc(N(C)C(C)CC)sc1CO. The van der Waals surface area contributed by atoms with Gasteiger partial charge in [0, 0.05) is 13.1 Å². The molecule has 1 aromatic heterocycles. The summed E-state index contributed by atoms with van der Waals surface area (Å²) in [5.74, 6) is 0. The maximum Gasteiger partial charge on any atom is 0.185 e. The fourth-order valence-electron chi connectivity index (χ4n) is 1.38. The Kier molecular flexibility index (Phi) is 4.54. The van der Waals surface area contributed by atoms with Crippen LogP contribution in [0.1, 0.15) is 37.8 Å². The monoisotopic (exact) mass is 228 g/mol. The van der Waals surface area contributed by atoms with E-state index in [1.54, 1.807) is 11.3 Å². The van der Waals surface area contributed by atoms with Crippen LogP contribution < -0.4 is 4.90 Å². The van der Waals surface area contributed by atoms with Crippen LogP contribution in [0.15, 0.2) is 0 Å². The molecule has 1 rings (SSSR count). The molecule has 0 aliphatic heterocycles. The predicted molar refractivity (Wildman–Crippen MR) is 65.6 cm³/mol. The number of rotatable bonds is 5. The van der Waals surface area contributed by atoms with Crippen LogP contribution in [0.3, 0.4) is 0 Å². The highest BCUT2D eigenvalue weighted by molar-refractivity contribution is 7.15. The molecule has 1 aromatic rings. The van der Waals surface area contributed by atoms with Crippen LogP contribution in [0.25, 0.3) is 0 Å². The zero-order chi connectivity index (χ0) is 11.4. The molecule has 0 saturated heterocycles. The predicted octanol–water partition coefficient (Wildman–Crippen LogP) is 2.43. The summed E-state index contributed by atoms with van der Waals surface area (Å²) >= 11 is 1.60. The van der Waals surface area contributed by atoms with Crippen molar-refractivity contribution in [3.63, 3.8) is 0 Å². The smallest absolute Gasteiger partial charge is 0.185 e. The highest BCUT2D eigenvalue weighted by atomic mass is 32.1.